The lowest BCUT2D eigenvalue weighted by Gasteiger charge is -2.31. The van der Waals surface area contributed by atoms with Crippen LogP contribution in [0.15, 0.2) is 42.6 Å². The Bertz CT molecular complexity index is 736. The number of carbonyl (C=O) groups is 1. The van der Waals surface area contributed by atoms with Crippen LogP contribution in [0.5, 0.6) is 0 Å². The summed E-state index contributed by atoms with van der Waals surface area (Å²) in [6, 6.07) is 11.8. The van der Waals surface area contributed by atoms with Crippen molar-refractivity contribution in [3.05, 3.63) is 53.9 Å². The molecular weight excluding hydrogens is 322 g/mol. The molecule has 1 amide bonds. The van der Waals surface area contributed by atoms with Gasteiger partial charge in [-0.25, -0.2) is 4.98 Å². The van der Waals surface area contributed by atoms with Gasteiger partial charge in [-0.2, -0.15) is 0 Å². The first kappa shape index (κ1) is 18.4. The molecule has 26 heavy (non-hydrogen) atoms. The minimum Gasteiger partial charge on any atom is -0.370 e. The molecule has 0 atom stereocenters. The first-order valence-electron chi connectivity index (χ1n) is 9.46. The number of rotatable bonds is 3. The van der Waals surface area contributed by atoms with E-state index in [0.717, 1.165) is 30.4 Å². The van der Waals surface area contributed by atoms with Crippen molar-refractivity contribution in [3.63, 3.8) is 0 Å². The summed E-state index contributed by atoms with van der Waals surface area (Å²) in [5.74, 6) is 0.626. The van der Waals surface area contributed by atoms with Crippen molar-refractivity contribution in [1.29, 1.82) is 0 Å². The largest absolute Gasteiger partial charge is 0.370 e. The Hall–Kier alpha value is -2.36. The van der Waals surface area contributed by atoms with Gasteiger partial charge in [0.2, 0.25) is 0 Å². The number of carbonyl (C=O) groups excluding carboxylic acids is 1. The van der Waals surface area contributed by atoms with Crippen molar-refractivity contribution in [3.8, 4) is 0 Å². The van der Waals surface area contributed by atoms with E-state index >= 15 is 0 Å². The van der Waals surface area contributed by atoms with Crippen LogP contribution in [0, 0.1) is 5.92 Å². The van der Waals surface area contributed by atoms with Gasteiger partial charge in [0.05, 0.1) is 11.9 Å². The highest BCUT2D eigenvalue weighted by molar-refractivity contribution is 6.02. The van der Waals surface area contributed by atoms with Crippen molar-refractivity contribution >= 4 is 17.3 Å². The van der Waals surface area contributed by atoms with Gasteiger partial charge >= 0.3 is 0 Å². The summed E-state index contributed by atoms with van der Waals surface area (Å²) in [6.07, 6.45) is 4.24. The summed E-state index contributed by atoms with van der Waals surface area (Å²) < 4.78 is 0. The maximum Gasteiger partial charge on any atom is 0.274 e. The molecule has 4 nitrogen and oxygen atoms in total. The number of aromatic nitrogens is 1. The topological polar surface area (TPSA) is 45.2 Å². The Kier molecular flexibility index (Phi) is 5.30. The summed E-state index contributed by atoms with van der Waals surface area (Å²) in [6.45, 7) is 11.0. The average Bonchev–Trinajstić information content (AvgIpc) is 2.62. The monoisotopic (exact) mass is 351 g/mol. The Morgan fingerprint density at radius 3 is 2.27 bits per heavy atom. The molecule has 0 aliphatic carbocycles. The maximum atomic E-state index is 12.4. The van der Waals surface area contributed by atoms with Crippen LogP contribution < -0.4 is 10.2 Å². The highest BCUT2D eigenvalue weighted by Crippen LogP contribution is 2.24. The molecule has 0 bridgehead atoms. The third-order valence-electron chi connectivity index (χ3n) is 5.14. The number of nitrogens with one attached hydrogen (secondary N) is 1. The Morgan fingerprint density at radius 1 is 1.08 bits per heavy atom. The zero-order valence-corrected chi connectivity index (χ0v) is 16.2. The van der Waals surface area contributed by atoms with Crippen LogP contribution in [0.1, 0.15) is 56.6 Å². The second-order valence-electron chi connectivity index (χ2n) is 8.35. The number of pyridine rings is 1. The first-order chi connectivity index (χ1) is 12.3. The molecule has 0 spiro atoms. The highest BCUT2D eigenvalue weighted by atomic mass is 16.1. The standard InChI is InChI=1S/C22H29N3O/c1-16-11-13-25(14-12-16)19-9-10-20(23-15-19)21(26)24-18-7-5-17(6-8-18)22(2,3)4/h5-10,15-16H,11-14H2,1-4H3,(H,24,26). The Labute approximate surface area is 156 Å². The minimum atomic E-state index is -0.174. The smallest absolute Gasteiger partial charge is 0.274 e. The molecule has 4 heteroatoms. The number of nitrogens with zero attached hydrogens (tertiary/aromatic N) is 2. The molecule has 1 aliphatic rings. The molecule has 1 fully saturated rings. The fourth-order valence-corrected chi connectivity index (χ4v) is 3.22. The quantitative estimate of drug-likeness (QED) is 0.858. The predicted molar refractivity (Wildman–Crippen MR) is 108 cm³/mol. The molecule has 3 rings (SSSR count). The summed E-state index contributed by atoms with van der Waals surface area (Å²) in [5.41, 5.74) is 3.68. The van der Waals surface area contributed by atoms with Gasteiger partial charge in [-0.1, -0.05) is 39.8 Å². The van der Waals surface area contributed by atoms with E-state index in [9.17, 15) is 4.79 Å². The molecule has 0 saturated carbocycles. The Balaban J connectivity index is 1.63. The molecule has 1 N–H and O–H groups in total. The van der Waals surface area contributed by atoms with Gasteiger partial charge in [-0.15, -0.1) is 0 Å². The molecule has 138 valence electrons. The van der Waals surface area contributed by atoms with Crippen LogP contribution >= 0.6 is 0 Å². The number of anilines is 2. The number of hydrogen-bond donors (Lipinski definition) is 1. The van der Waals surface area contributed by atoms with Gasteiger partial charge in [0.25, 0.3) is 5.91 Å². The maximum absolute atomic E-state index is 12.4. The summed E-state index contributed by atoms with van der Waals surface area (Å²) in [5, 5.41) is 2.93. The van der Waals surface area contributed by atoms with E-state index in [1.165, 1.54) is 18.4 Å². The lowest BCUT2D eigenvalue weighted by Crippen LogP contribution is -2.32. The van der Waals surface area contributed by atoms with E-state index in [0.29, 0.717) is 5.69 Å². The van der Waals surface area contributed by atoms with Crippen LogP contribution in [0.2, 0.25) is 0 Å². The normalized spacial score (nSPS) is 15.8. The molecule has 1 saturated heterocycles. The first-order valence-corrected chi connectivity index (χ1v) is 9.46. The van der Waals surface area contributed by atoms with Crippen molar-refractivity contribution < 1.29 is 4.79 Å². The lowest BCUT2D eigenvalue weighted by molar-refractivity contribution is 0.102. The van der Waals surface area contributed by atoms with E-state index in [-0.39, 0.29) is 11.3 Å². The number of benzene rings is 1. The van der Waals surface area contributed by atoms with Crippen LogP contribution in [-0.4, -0.2) is 24.0 Å². The number of piperidine rings is 1. The van der Waals surface area contributed by atoms with Gasteiger partial charge in [-0.05, 0) is 54.0 Å². The second-order valence-corrected chi connectivity index (χ2v) is 8.35. The van der Waals surface area contributed by atoms with E-state index in [1.54, 1.807) is 0 Å². The minimum absolute atomic E-state index is 0.103. The molecule has 0 radical (unpaired) electrons. The van der Waals surface area contributed by atoms with Crippen molar-refractivity contribution in [2.24, 2.45) is 5.92 Å². The van der Waals surface area contributed by atoms with Gasteiger partial charge in [-0.3, -0.25) is 4.79 Å². The van der Waals surface area contributed by atoms with E-state index in [1.807, 2.05) is 30.5 Å². The third-order valence-corrected chi connectivity index (χ3v) is 5.14. The molecule has 2 aromatic rings. The van der Waals surface area contributed by atoms with E-state index in [2.05, 4.69) is 55.0 Å². The average molecular weight is 351 g/mol. The molecular formula is C22H29N3O. The summed E-state index contributed by atoms with van der Waals surface area (Å²) in [7, 11) is 0. The van der Waals surface area contributed by atoms with Crippen molar-refractivity contribution in [2.45, 2.75) is 46.0 Å². The van der Waals surface area contributed by atoms with Crippen molar-refractivity contribution in [2.75, 3.05) is 23.3 Å². The van der Waals surface area contributed by atoms with E-state index in [4.69, 9.17) is 0 Å². The van der Waals surface area contributed by atoms with Gasteiger partial charge in [0.1, 0.15) is 5.69 Å². The molecule has 0 unspecified atom stereocenters. The predicted octanol–water partition coefficient (Wildman–Crippen LogP) is 4.87. The van der Waals surface area contributed by atoms with Crippen LogP contribution in [0.4, 0.5) is 11.4 Å². The van der Waals surface area contributed by atoms with Crippen LogP contribution in [-0.2, 0) is 5.41 Å². The zero-order valence-electron chi connectivity index (χ0n) is 16.2. The second kappa shape index (κ2) is 7.48. The van der Waals surface area contributed by atoms with Crippen LogP contribution in [0.3, 0.4) is 0 Å². The fraction of sp³-hybridized carbons (Fsp3) is 0.455. The SMILES string of the molecule is CC1CCN(c2ccc(C(=O)Nc3ccc(C(C)(C)C)cc3)nc2)CC1. The molecule has 1 aromatic carbocycles. The highest BCUT2D eigenvalue weighted by Gasteiger charge is 2.17. The summed E-state index contributed by atoms with van der Waals surface area (Å²) in [4.78, 5) is 19.2. The third kappa shape index (κ3) is 4.43. The zero-order chi connectivity index (χ0) is 18.7. The van der Waals surface area contributed by atoms with Gasteiger partial charge in [0, 0.05) is 18.8 Å². The van der Waals surface area contributed by atoms with Gasteiger partial charge < -0.3 is 10.2 Å². The fourth-order valence-electron chi connectivity index (χ4n) is 3.22. The molecule has 1 aliphatic heterocycles. The van der Waals surface area contributed by atoms with E-state index < -0.39 is 0 Å². The molecule has 2 heterocycles. The lowest BCUT2D eigenvalue weighted by atomic mass is 9.87. The Morgan fingerprint density at radius 2 is 1.73 bits per heavy atom. The molecule has 1 aromatic heterocycles. The van der Waals surface area contributed by atoms with Crippen LogP contribution in [0.25, 0.3) is 0 Å². The number of amides is 1. The van der Waals surface area contributed by atoms with Crippen molar-refractivity contribution in [1.82, 2.24) is 4.98 Å². The number of hydrogen-bond acceptors (Lipinski definition) is 3. The summed E-state index contributed by atoms with van der Waals surface area (Å²) >= 11 is 0. The van der Waals surface area contributed by atoms with Gasteiger partial charge in [0.15, 0.2) is 0 Å².